The number of nitrogens with one attached hydrogen (secondary N) is 3. The maximum Gasteiger partial charge on any atom is 0.293 e. The third kappa shape index (κ3) is 5.61. The Balaban J connectivity index is 1.77. The van der Waals surface area contributed by atoms with Gasteiger partial charge < -0.3 is 16.0 Å². The second-order valence-electron chi connectivity index (χ2n) is 6.83. The molecule has 0 bridgehead atoms. The molecule has 32 heavy (non-hydrogen) atoms. The first kappa shape index (κ1) is 22.8. The van der Waals surface area contributed by atoms with Crippen molar-refractivity contribution in [3.8, 4) is 0 Å². The van der Waals surface area contributed by atoms with E-state index in [0.29, 0.717) is 29.4 Å². The number of anilines is 2. The van der Waals surface area contributed by atoms with Crippen molar-refractivity contribution in [2.75, 3.05) is 17.2 Å². The van der Waals surface area contributed by atoms with E-state index in [-0.39, 0.29) is 22.8 Å². The molecule has 0 heterocycles. The molecule has 0 aliphatic carbocycles. The fourth-order valence-electron chi connectivity index (χ4n) is 3.01. The second-order valence-corrected chi connectivity index (χ2v) is 7.24. The molecule has 0 atom stereocenters. The molecule has 0 saturated carbocycles. The van der Waals surface area contributed by atoms with Crippen LogP contribution in [0.2, 0.25) is 5.02 Å². The number of halogens is 1. The number of benzene rings is 3. The van der Waals surface area contributed by atoms with E-state index in [1.807, 2.05) is 19.1 Å². The molecule has 0 aliphatic heterocycles. The molecule has 0 unspecified atom stereocenters. The second kappa shape index (κ2) is 10.4. The van der Waals surface area contributed by atoms with Gasteiger partial charge in [0.2, 0.25) is 0 Å². The van der Waals surface area contributed by atoms with Crippen LogP contribution in [0.5, 0.6) is 0 Å². The first-order chi connectivity index (χ1) is 15.4. The van der Waals surface area contributed by atoms with E-state index in [2.05, 4.69) is 16.0 Å². The summed E-state index contributed by atoms with van der Waals surface area (Å²) in [4.78, 5) is 35.7. The topological polar surface area (TPSA) is 113 Å². The van der Waals surface area contributed by atoms with Crippen molar-refractivity contribution in [1.82, 2.24) is 5.32 Å². The van der Waals surface area contributed by atoms with Gasteiger partial charge in [0, 0.05) is 41.0 Å². The highest BCUT2D eigenvalue weighted by atomic mass is 35.5. The zero-order valence-corrected chi connectivity index (χ0v) is 18.0. The van der Waals surface area contributed by atoms with Gasteiger partial charge in [0.15, 0.2) is 0 Å². The monoisotopic (exact) mass is 452 g/mol. The number of hydrogen-bond acceptors (Lipinski definition) is 5. The number of rotatable bonds is 8. The smallest absolute Gasteiger partial charge is 0.293 e. The molecule has 9 heteroatoms. The van der Waals surface area contributed by atoms with Crippen LogP contribution in [-0.2, 0) is 6.54 Å². The minimum absolute atomic E-state index is 0.114. The Labute approximate surface area is 189 Å². The summed E-state index contributed by atoms with van der Waals surface area (Å²) in [7, 11) is 0. The SMILES string of the molecule is CCNC(=O)c1cccc(NC(=O)c2ccc(NCc3ccccc3Cl)c([N+](=O)[O-])c2)c1. The Morgan fingerprint density at radius 1 is 0.969 bits per heavy atom. The maximum atomic E-state index is 12.7. The lowest BCUT2D eigenvalue weighted by Gasteiger charge is -2.11. The van der Waals surface area contributed by atoms with Crippen LogP contribution in [-0.4, -0.2) is 23.3 Å². The van der Waals surface area contributed by atoms with E-state index in [1.54, 1.807) is 30.3 Å². The van der Waals surface area contributed by atoms with Crippen LogP contribution in [0.25, 0.3) is 0 Å². The Kier molecular flexibility index (Phi) is 7.41. The molecular formula is C23H21ClN4O4. The van der Waals surface area contributed by atoms with Gasteiger partial charge >= 0.3 is 0 Å². The predicted molar refractivity (Wildman–Crippen MR) is 124 cm³/mol. The molecule has 0 saturated heterocycles. The summed E-state index contributed by atoms with van der Waals surface area (Å²) >= 11 is 6.13. The summed E-state index contributed by atoms with van der Waals surface area (Å²) in [6.45, 7) is 2.58. The molecule has 8 nitrogen and oxygen atoms in total. The van der Waals surface area contributed by atoms with E-state index >= 15 is 0 Å². The fraction of sp³-hybridized carbons (Fsp3) is 0.130. The van der Waals surface area contributed by atoms with E-state index in [1.165, 1.54) is 24.3 Å². The average Bonchev–Trinajstić information content (AvgIpc) is 2.78. The standard InChI is InChI=1S/C23H21ClN4O4/c1-2-25-22(29)15-7-5-8-18(12-15)27-23(30)16-10-11-20(21(13-16)28(31)32)26-14-17-6-3-4-9-19(17)24/h3-13,26H,2,14H2,1H3,(H,25,29)(H,27,30). The summed E-state index contributed by atoms with van der Waals surface area (Å²) in [5.41, 5.74) is 1.74. The number of nitro benzene ring substituents is 1. The molecule has 3 N–H and O–H groups in total. The number of nitro groups is 1. The molecule has 3 rings (SSSR count). The van der Waals surface area contributed by atoms with Gasteiger partial charge in [-0.05, 0) is 48.9 Å². The highest BCUT2D eigenvalue weighted by molar-refractivity contribution is 6.31. The van der Waals surface area contributed by atoms with Crippen LogP contribution in [0, 0.1) is 10.1 Å². The Bertz CT molecular complexity index is 1170. The van der Waals surface area contributed by atoms with Gasteiger partial charge in [0.25, 0.3) is 17.5 Å². The summed E-state index contributed by atoms with van der Waals surface area (Å²) in [5.74, 6) is -0.785. The van der Waals surface area contributed by atoms with Gasteiger partial charge in [-0.15, -0.1) is 0 Å². The number of amides is 2. The molecule has 164 valence electrons. The van der Waals surface area contributed by atoms with Crippen molar-refractivity contribution >= 4 is 40.5 Å². The van der Waals surface area contributed by atoms with Crippen LogP contribution in [0.1, 0.15) is 33.2 Å². The van der Waals surface area contributed by atoms with Crippen LogP contribution < -0.4 is 16.0 Å². The molecule has 3 aromatic carbocycles. The molecule has 0 aliphatic rings. The molecule has 3 aromatic rings. The Morgan fingerprint density at radius 2 is 1.72 bits per heavy atom. The first-order valence-electron chi connectivity index (χ1n) is 9.84. The van der Waals surface area contributed by atoms with Crippen molar-refractivity contribution < 1.29 is 14.5 Å². The summed E-state index contributed by atoms with van der Waals surface area (Å²) in [6, 6.07) is 17.8. The highest BCUT2D eigenvalue weighted by Gasteiger charge is 2.18. The zero-order valence-electron chi connectivity index (χ0n) is 17.2. The van der Waals surface area contributed by atoms with Crippen molar-refractivity contribution in [1.29, 1.82) is 0 Å². The fourth-order valence-corrected chi connectivity index (χ4v) is 3.21. The maximum absolute atomic E-state index is 12.7. The van der Waals surface area contributed by atoms with Crippen molar-refractivity contribution in [2.24, 2.45) is 0 Å². The minimum atomic E-state index is -0.554. The van der Waals surface area contributed by atoms with E-state index in [9.17, 15) is 19.7 Å². The summed E-state index contributed by atoms with van der Waals surface area (Å²) in [5, 5.41) is 20.5. The van der Waals surface area contributed by atoms with Crippen LogP contribution in [0.3, 0.4) is 0 Å². The normalized spacial score (nSPS) is 10.3. The molecule has 0 spiro atoms. The van der Waals surface area contributed by atoms with Gasteiger partial charge in [-0.3, -0.25) is 19.7 Å². The van der Waals surface area contributed by atoms with E-state index in [4.69, 9.17) is 11.6 Å². The van der Waals surface area contributed by atoms with Crippen LogP contribution >= 0.6 is 11.6 Å². The quantitative estimate of drug-likeness (QED) is 0.333. The van der Waals surface area contributed by atoms with Crippen molar-refractivity contribution in [3.05, 3.63) is 98.6 Å². The first-order valence-corrected chi connectivity index (χ1v) is 10.2. The minimum Gasteiger partial charge on any atom is -0.375 e. The third-order valence-electron chi connectivity index (χ3n) is 4.60. The molecular weight excluding hydrogens is 432 g/mol. The Hall–Kier alpha value is -3.91. The Morgan fingerprint density at radius 3 is 2.44 bits per heavy atom. The zero-order chi connectivity index (χ0) is 23.1. The number of carbonyl (C=O) groups excluding carboxylic acids is 2. The van der Waals surface area contributed by atoms with Crippen LogP contribution in [0.15, 0.2) is 66.7 Å². The van der Waals surface area contributed by atoms with Crippen LogP contribution in [0.4, 0.5) is 17.1 Å². The lowest BCUT2D eigenvalue weighted by atomic mass is 10.1. The van der Waals surface area contributed by atoms with Gasteiger partial charge in [-0.1, -0.05) is 35.9 Å². The van der Waals surface area contributed by atoms with Crippen molar-refractivity contribution in [2.45, 2.75) is 13.5 Å². The lowest BCUT2D eigenvalue weighted by molar-refractivity contribution is -0.384. The average molecular weight is 453 g/mol. The predicted octanol–water partition coefficient (Wildman–Crippen LogP) is 4.86. The van der Waals surface area contributed by atoms with E-state index < -0.39 is 10.8 Å². The highest BCUT2D eigenvalue weighted by Crippen LogP contribution is 2.27. The number of hydrogen-bond donors (Lipinski definition) is 3. The number of carbonyl (C=O) groups is 2. The lowest BCUT2D eigenvalue weighted by Crippen LogP contribution is -2.22. The molecule has 2 amide bonds. The van der Waals surface area contributed by atoms with Gasteiger partial charge in [0.05, 0.1) is 4.92 Å². The number of nitrogens with zero attached hydrogens (tertiary/aromatic N) is 1. The van der Waals surface area contributed by atoms with Gasteiger partial charge in [-0.25, -0.2) is 0 Å². The molecule has 0 radical (unpaired) electrons. The summed E-state index contributed by atoms with van der Waals surface area (Å²) < 4.78 is 0. The van der Waals surface area contributed by atoms with Gasteiger partial charge in [0.1, 0.15) is 5.69 Å². The van der Waals surface area contributed by atoms with Crippen molar-refractivity contribution in [3.63, 3.8) is 0 Å². The molecule has 0 fully saturated rings. The van der Waals surface area contributed by atoms with Gasteiger partial charge in [-0.2, -0.15) is 0 Å². The largest absolute Gasteiger partial charge is 0.375 e. The summed E-state index contributed by atoms with van der Waals surface area (Å²) in [6.07, 6.45) is 0. The molecule has 0 aromatic heterocycles. The third-order valence-corrected chi connectivity index (χ3v) is 4.97. The van der Waals surface area contributed by atoms with E-state index in [0.717, 1.165) is 5.56 Å².